The summed E-state index contributed by atoms with van der Waals surface area (Å²) in [4.78, 5) is 7.90. The fourth-order valence-corrected chi connectivity index (χ4v) is 1.40. The quantitative estimate of drug-likeness (QED) is 0.778. The van der Waals surface area contributed by atoms with Gasteiger partial charge in [-0.2, -0.15) is 5.10 Å². The molecule has 0 radical (unpaired) electrons. The number of aromatic nitrogens is 4. The van der Waals surface area contributed by atoms with Crippen LogP contribution in [0.1, 0.15) is 11.4 Å². The third-order valence-electron chi connectivity index (χ3n) is 1.95. The lowest BCUT2D eigenvalue weighted by molar-refractivity contribution is 0.760. The molecule has 5 heteroatoms. The van der Waals surface area contributed by atoms with Crippen molar-refractivity contribution in [3.8, 4) is 0 Å². The van der Waals surface area contributed by atoms with Crippen molar-refractivity contribution in [2.45, 2.75) is 0 Å². The van der Waals surface area contributed by atoms with Gasteiger partial charge in [-0.1, -0.05) is 11.6 Å². The minimum absolute atomic E-state index is 0.628. The third-order valence-corrected chi connectivity index (χ3v) is 2.25. The van der Waals surface area contributed by atoms with Crippen molar-refractivity contribution >= 4 is 23.8 Å². The van der Waals surface area contributed by atoms with E-state index in [1.165, 1.54) is 6.33 Å². The maximum atomic E-state index is 5.94. The van der Waals surface area contributed by atoms with Crippen LogP contribution in [0.4, 0.5) is 0 Å². The molecule has 0 amide bonds. The third kappa shape index (κ3) is 2.22. The number of hydrogen-bond donors (Lipinski definition) is 0. The van der Waals surface area contributed by atoms with Crippen LogP contribution in [0.25, 0.3) is 12.2 Å². The molecule has 0 aliphatic heterocycles. The minimum Gasteiger partial charge on any atom is -0.267 e. The van der Waals surface area contributed by atoms with Gasteiger partial charge < -0.3 is 0 Å². The van der Waals surface area contributed by atoms with Crippen LogP contribution < -0.4 is 0 Å². The molecule has 2 aromatic rings. The van der Waals surface area contributed by atoms with E-state index < -0.39 is 0 Å². The van der Waals surface area contributed by atoms with E-state index in [0.29, 0.717) is 5.02 Å². The van der Waals surface area contributed by atoms with Gasteiger partial charge in [-0.15, -0.1) is 0 Å². The van der Waals surface area contributed by atoms with Gasteiger partial charge in [0.25, 0.3) is 0 Å². The summed E-state index contributed by atoms with van der Waals surface area (Å²) < 4.78 is 1.71. The second-order valence-corrected chi connectivity index (χ2v) is 3.38. The first-order valence-corrected chi connectivity index (χ1v) is 4.77. The SMILES string of the molecule is Cn1ncc(Cl)c1/C=C/c1ccncn1. The van der Waals surface area contributed by atoms with Crippen molar-refractivity contribution < 1.29 is 0 Å². The molecule has 0 spiro atoms. The molecule has 0 bridgehead atoms. The van der Waals surface area contributed by atoms with Crippen molar-refractivity contribution in [2.24, 2.45) is 7.05 Å². The van der Waals surface area contributed by atoms with Gasteiger partial charge in [0.05, 0.1) is 22.6 Å². The molecular weight excluding hydrogens is 212 g/mol. The summed E-state index contributed by atoms with van der Waals surface area (Å²) in [6.45, 7) is 0. The molecule has 0 aliphatic carbocycles. The lowest BCUT2D eigenvalue weighted by Crippen LogP contribution is -1.92. The Morgan fingerprint density at radius 2 is 2.27 bits per heavy atom. The first-order chi connectivity index (χ1) is 7.27. The molecule has 0 saturated carbocycles. The molecule has 0 saturated heterocycles. The zero-order valence-corrected chi connectivity index (χ0v) is 8.89. The molecule has 2 heterocycles. The predicted molar refractivity (Wildman–Crippen MR) is 59.2 cm³/mol. The zero-order valence-electron chi connectivity index (χ0n) is 8.13. The highest BCUT2D eigenvalue weighted by Crippen LogP contribution is 2.16. The average Bonchev–Trinajstić information content (AvgIpc) is 2.58. The van der Waals surface area contributed by atoms with Gasteiger partial charge in [0.1, 0.15) is 6.33 Å². The molecule has 0 fully saturated rings. The topological polar surface area (TPSA) is 43.6 Å². The van der Waals surface area contributed by atoms with E-state index in [1.807, 2.05) is 25.3 Å². The summed E-state index contributed by atoms with van der Waals surface area (Å²) in [7, 11) is 1.84. The van der Waals surface area contributed by atoms with E-state index in [1.54, 1.807) is 17.1 Å². The van der Waals surface area contributed by atoms with E-state index in [4.69, 9.17) is 11.6 Å². The Bertz CT molecular complexity index is 456. The van der Waals surface area contributed by atoms with Gasteiger partial charge in [0.15, 0.2) is 0 Å². The fourth-order valence-electron chi connectivity index (χ4n) is 1.17. The van der Waals surface area contributed by atoms with Crippen LogP contribution in [0.3, 0.4) is 0 Å². The Morgan fingerprint density at radius 1 is 1.40 bits per heavy atom. The summed E-state index contributed by atoms with van der Waals surface area (Å²) in [6.07, 6.45) is 8.55. The van der Waals surface area contributed by atoms with Crippen molar-refractivity contribution in [1.29, 1.82) is 0 Å². The molecule has 0 aromatic carbocycles. The van der Waals surface area contributed by atoms with Crippen molar-refractivity contribution in [2.75, 3.05) is 0 Å². The van der Waals surface area contributed by atoms with Crippen LogP contribution in [0, 0.1) is 0 Å². The van der Waals surface area contributed by atoms with Gasteiger partial charge in [-0.25, -0.2) is 9.97 Å². The van der Waals surface area contributed by atoms with E-state index in [2.05, 4.69) is 15.1 Å². The highest BCUT2D eigenvalue weighted by molar-refractivity contribution is 6.31. The minimum atomic E-state index is 0.628. The number of halogens is 1. The summed E-state index contributed by atoms with van der Waals surface area (Å²) in [6, 6.07) is 1.82. The monoisotopic (exact) mass is 220 g/mol. The number of rotatable bonds is 2. The van der Waals surface area contributed by atoms with E-state index in [-0.39, 0.29) is 0 Å². The molecule has 0 atom stereocenters. The molecule has 0 N–H and O–H groups in total. The fraction of sp³-hybridized carbons (Fsp3) is 0.100. The molecule has 0 aliphatic rings. The zero-order chi connectivity index (χ0) is 10.7. The normalized spacial score (nSPS) is 11.1. The number of aryl methyl sites for hydroxylation is 1. The lowest BCUT2D eigenvalue weighted by Gasteiger charge is -1.95. The van der Waals surface area contributed by atoms with E-state index in [0.717, 1.165) is 11.4 Å². The summed E-state index contributed by atoms with van der Waals surface area (Å²) in [5.41, 5.74) is 1.69. The van der Waals surface area contributed by atoms with E-state index in [9.17, 15) is 0 Å². The van der Waals surface area contributed by atoms with Gasteiger partial charge in [0, 0.05) is 13.2 Å². The smallest absolute Gasteiger partial charge is 0.115 e. The second kappa shape index (κ2) is 4.23. The highest BCUT2D eigenvalue weighted by atomic mass is 35.5. The summed E-state index contributed by atoms with van der Waals surface area (Å²) >= 11 is 5.94. The number of nitrogens with zero attached hydrogens (tertiary/aromatic N) is 4. The Balaban J connectivity index is 2.26. The molecule has 4 nitrogen and oxygen atoms in total. The number of hydrogen-bond acceptors (Lipinski definition) is 3. The second-order valence-electron chi connectivity index (χ2n) is 2.97. The standard InChI is InChI=1S/C10H9ClN4/c1-15-10(9(11)6-14-15)3-2-8-4-5-12-7-13-8/h2-7H,1H3/b3-2+. The van der Waals surface area contributed by atoms with Gasteiger partial charge in [-0.3, -0.25) is 4.68 Å². The molecule has 2 rings (SSSR count). The Morgan fingerprint density at radius 3 is 2.87 bits per heavy atom. The highest BCUT2D eigenvalue weighted by Gasteiger charge is 2.01. The lowest BCUT2D eigenvalue weighted by atomic mass is 10.3. The summed E-state index contributed by atoms with van der Waals surface area (Å²) in [5, 5.41) is 4.66. The molecule has 76 valence electrons. The van der Waals surface area contributed by atoms with E-state index >= 15 is 0 Å². The van der Waals surface area contributed by atoms with Crippen molar-refractivity contribution in [3.05, 3.63) is 41.2 Å². The maximum Gasteiger partial charge on any atom is 0.115 e. The Labute approximate surface area is 92.2 Å². The van der Waals surface area contributed by atoms with Crippen LogP contribution in [0.5, 0.6) is 0 Å². The van der Waals surface area contributed by atoms with Gasteiger partial charge in [0.2, 0.25) is 0 Å². The van der Waals surface area contributed by atoms with Crippen LogP contribution in [-0.2, 0) is 7.05 Å². The van der Waals surface area contributed by atoms with Crippen LogP contribution in [0.2, 0.25) is 5.02 Å². The van der Waals surface area contributed by atoms with Crippen molar-refractivity contribution in [3.63, 3.8) is 0 Å². The van der Waals surface area contributed by atoms with Gasteiger partial charge >= 0.3 is 0 Å². The molecule has 15 heavy (non-hydrogen) atoms. The first-order valence-electron chi connectivity index (χ1n) is 4.39. The predicted octanol–water partition coefficient (Wildman–Crippen LogP) is 2.03. The van der Waals surface area contributed by atoms with Gasteiger partial charge in [-0.05, 0) is 18.2 Å². The maximum absolute atomic E-state index is 5.94. The summed E-state index contributed by atoms with van der Waals surface area (Å²) in [5.74, 6) is 0. The Hall–Kier alpha value is -1.68. The van der Waals surface area contributed by atoms with Crippen molar-refractivity contribution in [1.82, 2.24) is 19.7 Å². The first kappa shape index (κ1) is 9.86. The Kier molecular flexibility index (Phi) is 2.78. The largest absolute Gasteiger partial charge is 0.267 e. The van der Waals surface area contributed by atoms with Crippen LogP contribution in [0.15, 0.2) is 24.8 Å². The van der Waals surface area contributed by atoms with Crippen LogP contribution >= 0.6 is 11.6 Å². The average molecular weight is 221 g/mol. The molecule has 0 unspecified atom stereocenters. The molecule has 2 aromatic heterocycles. The van der Waals surface area contributed by atoms with Crippen LogP contribution in [-0.4, -0.2) is 19.7 Å². The molecular formula is C10H9ClN4.